The van der Waals surface area contributed by atoms with Gasteiger partial charge in [-0.25, -0.2) is 14.8 Å². The number of carboxylic acid groups (broad SMARTS) is 1. The van der Waals surface area contributed by atoms with E-state index in [9.17, 15) is 14.7 Å². The van der Waals surface area contributed by atoms with Crippen molar-refractivity contribution in [1.82, 2.24) is 24.6 Å². The number of carbonyl (C=O) groups excluding carboxylic acids is 1. The minimum absolute atomic E-state index is 0.0872. The summed E-state index contributed by atoms with van der Waals surface area (Å²) < 4.78 is 1.90. The van der Waals surface area contributed by atoms with Gasteiger partial charge in [-0.05, 0) is 50.9 Å². The van der Waals surface area contributed by atoms with Crippen LogP contribution in [-0.2, 0) is 18.3 Å². The summed E-state index contributed by atoms with van der Waals surface area (Å²) in [6, 6.07) is -0.000179. The molecule has 0 saturated heterocycles. The largest absolute Gasteiger partial charge is 0.465 e. The number of anilines is 1. The van der Waals surface area contributed by atoms with E-state index in [0.29, 0.717) is 41.7 Å². The van der Waals surface area contributed by atoms with Gasteiger partial charge in [-0.1, -0.05) is 11.6 Å². The monoisotopic (exact) mass is 446 g/mol. The Morgan fingerprint density at radius 1 is 1.29 bits per heavy atom. The van der Waals surface area contributed by atoms with E-state index in [-0.39, 0.29) is 18.6 Å². The first-order valence-electron chi connectivity index (χ1n) is 10.7. The number of aldehydes is 1. The minimum Gasteiger partial charge on any atom is -0.465 e. The van der Waals surface area contributed by atoms with E-state index < -0.39 is 6.09 Å². The molecule has 0 bridgehead atoms. The lowest BCUT2D eigenvalue weighted by atomic mass is 9.90. The highest BCUT2D eigenvalue weighted by Crippen LogP contribution is 2.37. The van der Waals surface area contributed by atoms with Crippen LogP contribution in [0.25, 0.3) is 11.3 Å². The number of hydrogen-bond acceptors (Lipinski definition) is 6. The number of carbonyl (C=O) groups is 2. The molecule has 2 heterocycles. The lowest BCUT2D eigenvalue weighted by Gasteiger charge is -2.34. The molecule has 2 aromatic rings. The standard InChI is InChI=1S/C21H27ClN6O3/c1-27-18(10-13-2-3-13)16(11-24-27)19-17(22)12-23-20(26-19)25-14-4-6-15(7-5-14)28(8-9-29)21(30)31/h9,11-15H,2-8,10H2,1H3,(H,30,31)(H,23,25,26)/t14-,15-. The van der Waals surface area contributed by atoms with Gasteiger partial charge in [0.25, 0.3) is 0 Å². The molecular formula is C21H27ClN6O3. The van der Waals surface area contributed by atoms with Crippen LogP contribution in [0.15, 0.2) is 12.4 Å². The maximum atomic E-state index is 11.4. The van der Waals surface area contributed by atoms with Gasteiger partial charge < -0.3 is 15.2 Å². The molecule has 2 aliphatic carbocycles. The fourth-order valence-electron chi connectivity index (χ4n) is 4.30. The Kier molecular flexibility index (Phi) is 6.41. The summed E-state index contributed by atoms with van der Waals surface area (Å²) in [5.74, 6) is 1.22. The van der Waals surface area contributed by atoms with Crippen molar-refractivity contribution >= 4 is 29.9 Å². The zero-order chi connectivity index (χ0) is 22.0. The molecule has 0 radical (unpaired) electrons. The van der Waals surface area contributed by atoms with Gasteiger partial charge in [0.2, 0.25) is 5.95 Å². The van der Waals surface area contributed by atoms with Crippen LogP contribution < -0.4 is 5.32 Å². The lowest BCUT2D eigenvalue weighted by Crippen LogP contribution is -2.44. The predicted octanol–water partition coefficient (Wildman–Crippen LogP) is 3.39. The van der Waals surface area contributed by atoms with E-state index in [1.807, 2.05) is 17.9 Å². The van der Waals surface area contributed by atoms with E-state index in [4.69, 9.17) is 16.6 Å². The lowest BCUT2D eigenvalue weighted by molar-refractivity contribution is -0.109. The van der Waals surface area contributed by atoms with Crippen LogP contribution >= 0.6 is 11.6 Å². The van der Waals surface area contributed by atoms with Gasteiger partial charge in [0, 0.05) is 30.4 Å². The van der Waals surface area contributed by atoms with E-state index in [1.54, 1.807) is 6.20 Å². The number of amides is 1. The van der Waals surface area contributed by atoms with Crippen molar-refractivity contribution in [2.45, 2.75) is 57.0 Å². The topological polar surface area (TPSA) is 113 Å². The first-order chi connectivity index (χ1) is 15.0. The van der Waals surface area contributed by atoms with Crippen molar-refractivity contribution in [1.29, 1.82) is 0 Å². The summed E-state index contributed by atoms with van der Waals surface area (Å²) in [6.07, 6.45) is 9.41. The Morgan fingerprint density at radius 3 is 2.68 bits per heavy atom. The number of nitrogens with zero attached hydrogens (tertiary/aromatic N) is 5. The molecule has 4 rings (SSSR count). The molecule has 2 saturated carbocycles. The maximum absolute atomic E-state index is 11.4. The van der Waals surface area contributed by atoms with E-state index in [2.05, 4.69) is 15.4 Å². The van der Waals surface area contributed by atoms with Crippen molar-refractivity contribution in [3.63, 3.8) is 0 Å². The maximum Gasteiger partial charge on any atom is 0.407 e. The molecule has 0 spiro atoms. The summed E-state index contributed by atoms with van der Waals surface area (Å²) in [6.45, 7) is -0.0872. The molecule has 166 valence electrons. The Bertz CT molecular complexity index is 953. The summed E-state index contributed by atoms with van der Waals surface area (Å²) >= 11 is 6.44. The van der Waals surface area contributed by atoms with Gasteiger partial charge in [-0.15, -0.1) is 0 Å². The zero-order valence-corrected chi connectivity index (χ0v) is 18.3. The number of rotatable bonds is 8. The molecule has 10 heteroatoms. The fourth-order valence-corrected chi connectivity index (χ4v) is 4.49. The number of aromatic nitrogens is 4. The Hall–Kier alpha value is -2.68. The molecule has 2 aromatic heterocycles. The number of hydrogen-bond donors (Lipinski definition) is 2. The summed E-state index contributed by atoms with van der Waals surface area (Å²) in [4.78, 5) is 32.4. The highest BCUT2D eigenvalue weighted by Gasteiger charge is 2.29. The van der Waals surface area contributed by atoms with Gasteiger partial charge in [0.15, 0.2) is 0 Å². The second-order valence-electron chi connectivity index (χ2n) is 8.42. The normalized spacial score (nSPS) is 21.0. The van der Waals surface area contributed by atoms with Crippen molar-refractivity contribution in [2.75, 3.05) is 11.9 Å². The van der Waals surface area contributed by atoms with Crippen LogP contribution in [0, 0.1) is 5.92 Å². The predicted molar refractivity (Wildman–Crippen MR) is 116 cm³/mol. The molecule has 9 nitrogen and oxygen atoms in total. The smallest absolute Gasteiger partial charge is 0.407 e. The van der Waals surface area contributed by atoms with Gasteiger partial charge in [0.05, 0.1) is 29.7 Å². The highest BCUT2D eigenvalue weighted by molar-refractivity contribution is 6.32. The van der Waals surface area contributed by atoms with Gasteiger partial charge in [-0.3, -0.25) is 9.58 Å². The van der Waals surface area contributed by atoms with Gasteiger partial charge in [-0.2, -0.15) is 5.10 Å². The van der Waals surface area contributed by atoms with Crippen molar-refractivity contribution in [2.24, 2.45) is 13.0 Å². The Balaban J connectivity index is 1.44. The van der Waals surface area contributed by atoms with E-state index in [1.165, 1.54) is 17.7 Å². The number of nitrogens with one attached hydrogen (secondary N) is 1. The third-order valence-electron chi connectivity index (χ3n) is 6.23. The minimum atomic E-state index is -1.05. The zero-order valence-electron chi connectivity index (χ0n) is 17.5. The van der Waals surface area contributed by atoms with E-state index in [0.717, 1.165) is 30.5 Å². The quantitative estimate of drug-likeness (QED) is 0.597. The van der Waals surface area contributed by atoms with Crippen LogP contribution in [0.1, 0.15) is 44.2 Å². The first-order valence-corrected chi connectivity index (χ1v) is 11.1. The molecule has 31 heavy (non-hydrogen) atoms. The van der Waals surface area contributed by atoms with E-state index >= 15 is 0 Å². The van der Waals surface area contributed by atoms with Crippen LogP contribution in [0.4, 0.5) is 10.7 Å². The first kappa shape index (κ1) is 21.5. The number of aryl methyl sites for hydroxylation is 1. The second-order valence-corrected chi connectivity index (χ2v) is 8.82. The molecule has 0 aromatic carbocycles. The van der Waals surface area contributed by atoms with Gasteiger partial charge >= 0.3 is 6.09 Å². The fraction of sp³-hybridized carbons (Fsp3) is 0.571. The molecule has 0 aliphatic heterocycles. The van der Waals surface area contributed by atoms with Crippen LogP contribution in [0.5, 0.6) is 0 Å². The number of halogens is 1. The SMILES string of the molecule is Cn1ncc(-c2nc(N[C@H]3CC[C@H](N(CC=O)C(=O)O)CC3)ncc2Cl)c1CC1CC1. The third-order valence-corrected chi connectivity index (χ3v) is 6.50. The van der Waals surface area contributed by atoms with Crippen molar-refractivity contribution < 1.29 is 14.7 Å². The van der Waals surface area contributed by atoms with Gasteiger partial charge in [0.1, 0.15) is 6.29 Å². The Morgan fingerprint density at radius 2 is 2.03 bits per heavy atom. The average Bonchev–Trinajstić information content (AvgIpc) is 3.51. The highest BCUT2D eigenvalue weighted by atomic mass is 35.5. The molecule has 2 aliphatic rings. The Labute approximate surface area is 185 Å². The van der Waals surface area contributed by atoms with Crippen molar-refractivity contribution in [3.05, 3.63) is 23.1 Å². The summed E-state index contributed by atoms with van der Waals surface area (Å²) in [7, 11) is 1.94. The summed E-state index contributed by atoms with van der Waals surface area (Å²) in [5, 5.41) is 17.6. The molecule has 1 amide bonds. The van der Waals surface area contributed by atoms with Crippen LogP contribution in [-0.4, -0.2) is 60.8 Å². The molecular weight excluding hydrogens is 420 g/mol. The van der Waals surface area contributed by atoms with Crippen LogP contribution in [0.2, 0.25) is 5.02 Å². The van der Waals surface area contributed by atoms with Crippen LogP contribution in [0.3, 0.4) is 0 Å². The van der Waals surface area contributed by atoms with Crippen molar-refractivity contribution in [3.8, 4) is 11.3 Å². The molecule has 0 atom stereocenters. The average molecular weight is 447 g/mol. The molecule has 2 fully saturated rings. The third kappa shape index (κ3) is 4.98. The molecule has 0 unspecified atom stereocenters. The second kappa shape index (κ2) is 9.21. The molecule has 2 N–H and O–H groups in total. The summed E-state index contributed by atoms with van der Waals surface area (Å²) in [5.41, 5.74) is 2.76.